The fourth-order valence-electron chi connectivity index (χ4n) is 3.50. The lowest BCUT2D eigenvalue weighted by molar-refractivity contribution is -0.140. The van der Waals surface area contributed by atoms with E-state index in [1.54, 1.807) is 55.9 Å². The van der Waals surface area contributed by atoms with Gasteiger partial charge in [0, 0.05) is 38.2 Å². The van der Waals surface area contributed by atoms with Gasteiger partial charge < -0.3 is 19.5 Å². The molecule has 3 rings (SSSR count). The molecule has 1 N–H and O–H groups in total. The number of methoxy groups -OCH3 is 1. The molecule has 0 aliphatic carbocycles. The van der Waals surface area contributed by atoms with Crippen molar-refractivity contribution in [2.45, 2.75) is 32.4 Å². The molecule has 1 fully saturated rings. The maximum absolute atomic E-state index is 12.9. The standard InChI is InChI=1S/C23H26N2O5/c1-15(2)30-18-7-5-17(6-8-18)21(26)19-20(16-9-11-24-12-10-16)25(13-4-14-29-3)23(28)22(19)27/h5-12,15,20,26H,4,13-14H2,1-3H3. The molecule has 158 valence electrons. The molecule has 0 bridgehead atoms. The minimum absolute atomic E-state index is 0.0218. The average Bonchev–Trinajstić information content (AvgIpc) is 2.99. The highest BCUT2D eigenvalue weighted by atomic mass is 16.5. The summed E-state index contributed by atoms with van der Waals surface area (Å²) in [5, 5.41) is 11.0. The maximum Gasteiger partial charge on any atom is 0.295 e. The summed E-state index contributed by atoms with van der Waals surface area (Å²) in [4.78, 5) is 31.1. The molecule has 0 radical (unpaired) electrons. The lowest BCUT2D eigenvalue weighted by Gasteiger charge is -2.25. The highest BCUT2D eigenvalue weighted by molar-refractivity contribution is 6.46. The van der Waals surface area contributed by atoms with Crippen molar-refractivity contribution in [2.75, 3.05) is 20.3 Å². The normalized spacial score (nSPS) is 18.3. The third-order valence-electron chi connectivity index (χ3n) is 4.81. The van der Waals surface area contributed by atoms with Crippen molar-refractivity contribution in [2.24, 2.45) is 0 Å². The Kier molecular flexibility index (Phi) is 6.84. The Hall–Kier alpha value is -3.19. The Labute approximate surface area is 175 Å². The number of ether oxygens (including phenoxy) is 2. The van der Waals surface area contributed by atoms with Gasteiger partial charge in [-0.15, -0.1) is 0 Å². The monoisotopic (exact) mass is 410 g/mol. The minimum Gasteiger partial charge on any atom is -0.507 e. The number of pyridine rings is 1. The number of nitrogens with zero attached hydrogens (tertiary/aromatic N) is 2. The summed E-state index contributed by atoms with van der Waals surface area (Å²) in [5.41, 5.74) is 1.23. The van der Waals surface area contributed by atoms with Gasteiger partial charge >= 0.3 is 0 Å². The molecule has 1 aliphatic heterocycles. The first-order valence-corrected chi connectivity index (χ1v) is 9.88. The van der Waals surface area contributed by atoms with Crippen molar-refractivity contribution in [3.8, 4) is 5.75 Å². The maximum atomic E-state index is 12.9. The number of likely N-dealkylation sites (tertiary alicyclic amines) is 1. The van der Waals surface area contributed by atoms with Crippen molar-refractivity contribution < 1.29 is 24.2 Å². The van der Waals surface area contributed by atoms with Crippen LogP contribution < -0.4 is 4.74 Å². The SMILES string of the molecule is COCCCN1C(=O)C(=O)C(=C(O)c2ccc(OC(C)C)cc2)C1c1ccncc1. The van der Waals surface area contributed by atoms with E-state index in [0.717, 1.165) is 0 Å². The first-order valence-electron chi connectivity index (χ1n) is 9.88. The van der Waals surface area contributed by atoms with E-state index < -0.39 is 17.7 Å². The fraction of sp³-hybridized carbons (Fsp3) is 0.348. The second kappa shape index (κ2) is 9.54. The Balaban J connectivity index is 2.02. The Morgan fingerprint density at radius 3 is 2.40 bits per heavy atom. The molecule has 1 amide bonds. The van der Waals surface area contributed by atoms with Gasteiger partial charge in [0.1, 0.15) is 11.5 Å². The lowest BCUT2D eigenvalue weighted by Crippen LogP contribution is -2.31. The molecule has 1 aromatic carbocycles. The van der Waals surface area contributed by atoms with Crippen LogP contribution in [-0.4, -0.2) is 53.0 Å². The number of carbonyl (C=O) groups is 2. The first-order chi connectivity index (χ1) is 14.4. The third-order valence-corrected chi connectivity index (χ3v) is 4.81. The van der Waals surface area contributed by atoms with Crippen molar-refractivity contribution >= 4 is 17.4 Å². The quantitative estimate of drug-likeness (QED) is 0.311. The van der Waals surface area contributed by atoms with Crippen molar-refractivity contribution in [3.05, 3.63) is 65.5 Å². The summed E-state index contributed by atoms with van der Waals surface area (Å²) in [7, 11) is 1.58. The van der Waals surface area contributed by atoms with E-state index in [2.05, 4.69) is 4.98 Å². The summed E-state index contributed by atoms with van der Waals surface area (Å²) in [5.74, 6) is -0.879. The van der Waals surface area contributed by atoms with Crippen LogP contribution in [0.3, 0.4) is 0 Å². The molecule has 1 aromatic heterocycles. The largest absolute Gasteiger partial charge is 0.507 e. The first kappa shape index (κ1) is 21.5. The number of aliphatic hydroxyl groups excluding tert-OH is 1. The smallest absolute Gasteiger partial charge is 0.295 e. The van der Waals surface area contributed by atoms with Crippen LogP contribution in [0, 0.1) is 0 Å². The van der Waals surface area contributed by atoms with E-state index >= 15 is 0 Å². The zero-order chi connectivity index (χ0) is 21.7. The summed E-state index contributed by atoms with van der Waals surface area (Å²) in [6.07, 6.45) is 3.80. The lowest BCUT2D eigenvalue weighted by atomic mass is 9.96. The molecule has 0 saturated carbocycles. The minimum atomic E-state index is -0.700. The molecule has 7 nitrogen and oxygen atoms in total. The molecule has 2 aromatic rings. The summed E-state index contributed by atoms with van der Waals surface area (Å²) >= 11 is 0. The Morgan fingerprint density at radius 1 is 1.13 bits per heavy atom. The van der Waals surface area contributed by atoms with Crippen LogP contribution in [0.4, 0.5) is 0 Å². The molecule has 30 heavy (non-hydrogen) atoms. The molecule has 1 atom stereocenters. The van der Waals surface area contributed by atoms with Gasteiger partial charge in [0.25, 0.3) is 11.7 Å². The number of aliphatic hydroxyl groups is 1. The molecule has 0 spiro atoms. The third kappa shape index (κ3) is 4.52. The van der Waals surface area contributed by atoms with Gasteiger partial charge in [0.2, 0.25) is 0 Å². The van der Waals surface area contributed by atoms with Crippen LogP contribution in [0.5, 0.6) is 5.75 Å². The molecule has 2 heterocycles. The van der Waals surface area contributed by atoms with Crippen LogP contribution in [0.15, 0.2) is 54.4 Å². The molecule has 1 aliphatic rings. The van der Waals surface area contributed by atoms with Crippen molar-refractivity contribution in [3.63, 3.8) is 0 Å². The molecule has 1 saturated heterocycles. The van der Waals surface area contributed by atoms with E-state index in [1.165, 1.54) is 4.90 Å². The Morgan fingerprint density at radius 2 is 1.80 bits per heavy atom. The number of carbonyl (C=O) groups excluding carboxylic acids is 2. The van der Waals surface area contributed by atoms with E-state index in [9.17, 15) is 14.7 Å². The summed E-state index contributed by atoms with van der Waals surface area (Å²) < 4.78 is 10.7. The van der Waals surface area contributed by atoms with Crippen LogP contribution in [0.2, 0.25) is 0 Å². The second-order valence-electron chi connectivity index (χ2n) is 7.31. The van der Waals surface area contributed by atoms with Crippen LogP contribution in [0.25, 0.3) is 5.76 Å². The van der Waals surface area contributed by atoms with Crippen molar-refractivity contribution in [1.29, 1.82) is 0 Å². The molecular formula is C23H26N2O5. The topological polar surface area (TPSA) is 89.0 Å². The number of ketones is 1. The summed E-state index contributed by atoms with van der Waals surface area (Å²) in [6, 6.07) is 9.61. The van der Waals surface area contributed by atoms with E-state index in [1.807, 2.05) is 13.8 Å². The van der Waals surface area contributed by atoms with E-state index in [0.29, 0.717) is 36.4 Å². The number of aromatic nitrogens is 1. The van der Waals surface area contributed by atoms with Gasteiger partial charge in [0.15, 0.2) is 0 Å². The predicted octanol–water partition coefficient (Wildman–Crippen LogP) is 3.33. The van der Waals surface area contributed by atoms with Gasteiger partial charge in [-0.05, 0) is 62.2 Å². The van der Waals surface area contributed by atoms with E-state index in [-0.39, 0.29) is 17.4 Å². The highest BCUT2D eigenvalue weighted by Crippen LogP contribution is 2.39. The zero-order valence-corrected chi connectivity index (χ0v) is 17.4. The number of hydrogen-bond acceptors (Lipinski definition) is 6. The van der Waals surface area contributed by atoms with Crippen LogP contribution in [-0.2, 0) is 14.3 Å². The second-order valence-corrected chi connectivity index (χ2v) is 7.31. The van der Waals surface area contributed by atoms with Crippen LogP contribution >= 0.6 is 0 Å². The molecule has 1 unspecified atom stereocenters. The number of rotatable bonds is 8. The van der Waals surface area contributed by atoms with Gasteiger partial charge in [0.05, 0.1) is 17.7 Å². The number of amides is 1. The highest BCUT2D eigenvalue weighted by Gasteiger charge is 2.45. The van der Waals surface area contributed by atoms with Gasteiger partial charge in [-0.1, -0.05) is 0 Å². The Bertz CT molecular complexity index is 922. The average molecular weight is 410 g/mol. The van der Waals surface area contributed by atoms with Crippen LogP contribution in [0.1, 0.15) is 37.4 Å². The van der Waals surface area contributed by atoms with Crippen molar-refractivity contribution in [1.82, 2.24) is 9.88 Å². The number of hydrogen-bond donors (Lipinski definition) is 1. The number of Topliss-reactive ketones (excluding diaryl/α,β-unsaturated/α-hetero) is 1. The van der Waals surface area contributed by atoms with E-state index in [4.69, 9.17) is 9.47 Å². The zero-order valence-electron chi connectivity index (χ0n) is 17.4. The fourth-order valence-corrected chi connectivity index (χ4v) is 3.50. The van der Waals surface area contributed by atoms with Gasteiger partial charge in [-0.25, -0.2) is 0 Å². The number of benzene rings is 1. The molecule has 7 heteroatoms. The predicted molar refractivity (Wildman–Crippen MR) is 112 cm³/mol. The summed E-state index contributed by atoms with van der Waals surface area (Å²) in [6.45, 7) is 4.65. The molecular weight excluding hydrogens is 384 g/mol. The van der Waals surface area contributed by atoms with Gasteiger partial charge in [-0.3, -0.25) is 14.6 Å². The van der Waals surface area contributed by atoms with Gasteiger partial charge in [-0.2, -0.15) is 0 Å².